The van der Waals surface area contributed by atoms with Gasteiger partial charge in [0.05, 0.1) is 4.90 Å². The molecular weight excluding hydrogens is 350 g/mol. The standard InChI is InChI=1S/C20H21NO4S/c1-3-18-19(14-11-16-7-5-4-6-8-16)25-20(22)21(18)26(23,24)17-12-9-15(2)10-13-17/h3-10,12-13,18-19H,1,11,14H2,2H3/t18-,19-/m1/s1. The number of cyclic esters (lactones) is 1. The number of ether oxygens (including phenoxy) is 1. The van der Waals surface area contributed by atoms with Crippen LogP contribution in [0.5, 0.6) is 0 Å². The van der Waals surface area contributed by atoms with E-state index < -0.39 is 28.3 Å². The first-order valence-corrected chi connectivity index (χ1v) is 9.85. The third-order valence-corrected chi connectivity index (χ3v) is 6.24. The monoisotopic (exact) mass is 371 g/mol. The van der Waals surface area contributed by atoms with Gasteiger partial charge in [-0.15, -0.1) is 6.58 Å². The lowest BCUT2D eigenvalue weighted by molar-refractivity contribution is 0.129. The molecule has 0 radical (unpaired) electrons. The summed E-state index contributed by atoms with van der Waals surface area (Å²) in [5.74, 6) is 0. The number of carbonyl (C=O) groups is 1. The lowest BCUT2D eigenvalue weighted by atomic mass is 10.0. The van der Waals surface area contributed by atoms with Crippen molar-refractivity contribution < 1.29 is 17.9 Å². The molecule has 2 aromatic rings. The zero-order valence-electron chi connectivity index (χ0n) is 14.5. The van der Waals surface area contributed by atoms with E-state index in [1.165, 1.54) is 18.2 Å². The van der Waals surface area contributed by atoms with Gasteiger partial charge >= 0.3 is 6.09 Å². The topological polar surface area (TPSA) is 63.7 Å². The van der Waals surface area contributed by atoms with Gasteiger partial charge in [-0.25, -0.2) is 13.2 Å². The fraction of sp³-hybridized carbons (Fsp3) is 0.250. The summed E-state index contributed by atoms with van der Waals surface area (Å²) < 4.78 is 32.0. The van der Waals surface area contributed by atoms with E-state index in [1.54, 1.807) is 12.1 Å². The van der Waals surface area contributed by atoms with Gasteiger partial charge < -0.3 is 4.74 Å². The maximum absolute atomic E-state index is 12.9. The molecule has 1 fully saturated rings. The Kier molecular flexibility index (Phi) is 5.13. The predicted molar refractivity (Wildman–Crippen MR) is 99.2 cm³/mol. The first-order valence-electron chi connectivity index (χ1n) is 8.41. The minimum absolute atomic E-state index is 0.0654. The van der Waals surface area contributed by atoms with Gasteiger partial charge in [0.25, 0.3) is 10.0 Å². The van der Waals surface area contributed by atoms with Crippen LogP contribution in [0.25, 0.3) is 0 Å². The van der Waals surface area contributed by atoms with E-state index in [-0.39, 0.29) is 4.90 Å². The number of amides is 1. The lowest BCUT2D eigenvalue weighted by Crippen LogP contribution is -2.39. The quantitative estimate of drug-likeness (QED) is 0.727. The minimum Gasteiger partial charge on any atom is -0.443 e. The number of hydrogen-bond acceptors (Lipinski definition) is 4. The fourth-order valence-electron chi connectivity index (χ4n) is 3.04. The molecule has 0 aromatic heterocycles. The largest absolute Gasteiger partial charge is 0.443 e. The van der Waals surface area contributed by atoms with E-state index >= 15 is 0 Å². The molecule has 6 heteroatoms. The van der Waals surface area contributed by atoms with Gasteiger partial charge in [-0.3, -0.25) is 0 Å². The van der Waals surface area contributed by atoms with Crippen molar-refractivity contribution in [2.24, 2.45) is 0 Å². The Morgan fingerprint density at radius 3 is 2.38 bits per heavy atom. The van der Waals surface area contributed by atoms with E-state index in [2.05, 4.69) is 6.58 Å². The lowest BCUT2D eigenvalue weighted by Gasteiger charge is -2.21. The molecule has 2 aromatic carbocycles. The number of rotatable bonds is 6. The first-order chi connectivity index (χ1) is 12.4. The molecule has 136 valence electrons. The van der Waals surface area contributed by atoms with Crippen molar-refractivity contribution in [3.63, 3.8) is 0 Å². The van der Waals surface area contributed by atoms with E-state index in [4.69, 9.17) is 4.74 Å². The van der Waals surface area contributed by atoms with Crippen LogP contribution in [0.4, 0.5) is 4.79 Å². The van der Waals surface area contributed by atoms with Crippen LogP contribution in [-0.2, 0) is 21.2 Å². The van der Waals surface area contributed by atoms with Gasteiger partial charge in [0, 0.05) is 0 Å². The molecule has 0 saturated carbocycles. The Morgan fingerprint density at radius 1 is 1.12 bits per heavy atom. The van der Waals surface area contributed by atoms with Gasteiger partial charge in [-0.05, 0) is 37.5 Å². The second-order valence-electron chi connectivity index (χ2n) is 6.29. The van der Waals surface area contributed by atoms with Crippen molar-refractivity contribution in [1.82, 2.24) is 4.31 Å². The Bertz CT molecular complexity index is 891. The van der Waals surface area contributed by atoms with Crippen molar-refractivity contribution in [1.29, 1.82) is 0 Å². The summed E-state index contributed by atoms with van der Waals surface area (Å²) in [6.07, 6.45) is 1.26. The van der Waals surface area contributed by atoms with Gasteiger partial charge in [0.15, 0.2) is 0 Å². The van der Waals surface area contributed by atoms with Crippen LogP contribution >= 0.6 is 0 Å². The fourth-order valence-corrected chi connectivity index (χ4v) is 4.53. The second kappa shape index (κ2) is 7.33. The highest BCUT2D eigenvalue weighted by Crippen LogP contribution is 2.30. The van der Waals surface area contributed by atoms with Crippen molar-refractivity contribution in [3.05, 3.63) is 78.4 Å². The second-order valence-corrected chi connectivity index (χ2v) is 8.10. The SMILES string of the molecule is C=C[C@@H]1[C@@H](CCc2ccccc2)OC(=O)N1S(=O)(=O)c1ccc(C)cc1. The molecule has 0 unspecified atom stereocenters. The minimum atomic E-state index is -3.99. The summed E-state index contributed by atoms with van der Waals surface area (Å²) >= 11 is 0. The third-order valence-electron chi connectivity index (χ3n) is 4.46. The number of sulfonamides is 1. The van der Waals surface area contributed by atoms with Crippen LogP contribution in [0.2, 0.25) is 0 Å². The number of aryl methyl sites for hydroxylation is 2. The average molecular weight is 371 g/mol. The highest BCUT2D eigenvalue weighted by Gasteiger charge is 2.47. The van der Waals surface area contributed by atoms with E-state index in [1.807, 2.05) is 37.3 Å². The molecule has 1 aliphatic rings. The maximum Gasteiger partial charge on any atom is 0.424 e. The Labute approximate surface area is 154 Å². The summed E-state index contributed by atoms with van der Waals surface area (Å²) in [6.45, 7) is 5.58. The Morgan fingerprint density at radius 2 is 1.77 bits per heavy atom. The van der Waals surface area contributed by atoms with Crippen LogP contribution in [0.1, 0.15) is 17.5 Å². The summed E-state index contributed by atoms with van der Waals surface area (Å²) in [5, 5.41) is 0. The number of hydrogen-bond donors (Lipinski definition) is 0. The van der Waals surface area contributed by atoms with Gasteiger partial charge in [-0.1, -0.05) is 54.1 Å². The van der Waals surface area contributed by atoms with E-state index in [0.717, 1.165) is 15.4 Å². The molecule has 1 aliphatic heterocycles. The summed E-state index contributed by atoms with van der Waals surface area (Å²) in [7, 11) is -3.99. The molecule has 0 bridgehead atoms. The molecule has 2 atom stereocenters. The molecule has 0 N–H and O–H groups in total. The van der Waals surface area contributed by atoms with Crippen LogP contribution in [-0.4, -0.2) is 31.0 Å². The van der Waals surface area contributed by atoms with Crippen molar-refractivity contribution in [2.45, 2.75) is 36.8 Å². The molecule has 0 spiro atoms. The highest BCUT2D eigenvalue weighted by molar-refractivity contribution is 7.89. The van der Waals surface area contributed by atoms with Crippen molar-refractivity contribution >= 4 is 16.1 Å². The van der Waals surface area contributed by atoms with Crippen LogP contribution in [0.15, 0.2) is 72.1 Å². The summed E-state index contributed by atoms with van der Waals surface area (Å²) in [4.78, 5) is 12.4. The van der Waals surface area contributed by atoms with Crippen LogP contribution in [0, 0.1) is 6.92 Å². The average Bonchev–Trinajstić information content (AvgIpc) is 2.97. The molecule has 1 saturated heterocycles. The summed E-state index contributed by atoms with van der Waals surface area (Å²) in [5.41, 5.74) is 2.04. The molecule has 26 heavy (non-hydrogen) atoms. The normalized spacial score (nSPS) is 20.0. The highest BCUT2D eigenvalue weighted by atomic mass is 32.2. The smallest absolute Gasteiger partial charge is 0.424 e. The molecule has 1 heterocycles. The zero-order valence-corrected chi connectivity index (χ0v) is 15.4. The molecule has 5 nitrogen and oxygen atoms in total. The number of nitrogens with zero attached hydrogens (tertiary/aromatic N) is 1. The van der Waals surface area contributed by atoms with Crippen molar-refractivity contribution in [2.75, 3.05) is 0 Å². The molecule has 1 amide bonds. The number of benzene rings is 2. The molecule has 0 aliphatic carbocycles. The predicted octanol–water partition coefficient (Wildman–Crippen LogP) is 3.69. The summed E-state index contributed by atoms with van der Waals surface area (Å²) in [6, 6.07) is 15.4. The van der Waals surface area contributed by atoms with Crippen molar-refractivity contribution in [3.8, 4) is 0 Å². The van der Waals surface area contributed by atoms with Gasteiger partial charge in [0.1, 0.15) is 12.1 Å². The zero-order chi connectivity index (χ0) is 18.7. The first kappa shape index (κ1) is 18.2. The van der Waals surface area contributed by atoms with E-state index in [9.17, 15) is 13.2 Å². The number of carbonyl (C=O) groups excluding carboxylic acids is 1. The van der Waals surface area contributed by atoms with E-state index in [0.29, 0.717) is 12.8 Å². The van der Waals surface area contributed by atoms with Crippen LogP contribution in [0.3, 0.4) is 0 Å². The molecular formula is C20H21NO4S. The third kappa shape index (κ3) is 3.51. The van der Waals surface area contributed by atoms with Crippen LogP contribution < -0.4 is 0 Å². The van der Waals surface area contributed by atoms with Gasteiger partial charge in [-0.2, -0.15) is 4.31 Å². The molecule has 3 rings (SSSR count). The Balaban J connectivity index is 1.82. The van der Waals surface area contributed by atoms with Gasteiger partial charge in [0.2, 0.25) is 0 Å². The maximum atomic E-state index is 12.9. The Hall–Kier alpha value is -2.60.